The van der Waals surface area contributed by atoms with E-state index in [0.717, 1.165) is 30.6 Å². The first-order valence-corrected chi connectivity index (χ1v) is 6.75. The van der Waals surface area contributed by atoms with Crippen LogP contribution in [0.3, 0.4) is 0 Å². The van der Waals surface area contributed by atoms with E-state index < -0.39 is 0 Å². The summed E-state index contributed by atoms with van der Waals surface area (Å²) in [5, 5.41) is 0. The fraction of sp³-hybridized carbons (Fsp3) is 0.533. The first-order valence-electron chi connectivity index (χ1n) is 6.75. The summed E-state index contributed by atoms with van der Waals surface area (Å²) in [6.45, 7) is 5.55. The standard InChI is InChI=1S/C15H22N2O/c1-3-17-10-6-8-14(17)11-16(2)15-9-5-4-7-13(15)12-18/h4-5,7,9,12,14H,3,6,8,10-11H2,1-2H3. The van der Waals surface area contributed by atoms with Gasteiger partial charge < -0.3 is 4.90 Å². The van der Waals surface area contributed by atoms with Gasteiger partial charge in [-0.05, 0) is 38.1 Å². The van der Waals surface area contributed by atoms with Crippen LogP contribution in [0.1, 0.15) is 30.1 Å². The maximum absolute atomic E-state index is 11.1. The van der Waals surface area contributed by atoms with E-state index in [0.29, 0.717) is 6.04 Å². The second-order valence-electron chi connectivity index (χ2n) is 4.98. The molecule has 1 heterocycles. The summed E-state index contributed by atoms with van der Waals surface area (Å²) < 4.78 is 0. The number of nitrogens with zero attached hydrogens (tertiary/aromatic N) is 2. The highest BCUT2D eigenvalue weighted by Gasteiger charge is 2.24. The molecule has 1 atom stereocenters. The lowest BCUT2D eigenvalue weighted by atomic mass is 10.1. The SMILES string of the molecule is CCN1CCCC1CN(C)c1ccccc1C=O. The van der Waals surface area contributed by atoms with Crippen LogP contribution in [-0.4, -0.2) is 43.9 Å². The molecule has 0 aliphatic carbocycles. The summed E-state index contributed by atoms with van der Waals surface area (Å²) >= 11 is 0. The van der Waals surface area contributed by atoms with E-state index in [2.05, 4.69) is 23.8 Å². The van der Waals surface area contributed by atoms with Crippen molar-refractivity contribution >= 4 is 12.0 Å². The fourth-order valence-corrected chi connectivity index (χ4v) is 2.87. The zero-order valence-electron chi connectivity index (χ0n) is 11.3. The monoisotopic (exact) mass is 246 g/mol. The van der Waals surface area contributed by atoms with Gasteiger partial charge in [0.15, 0.2) is 6.29 Å². The first kappa shape index (κ1) is 13.1. The fourth-order valence-electron chi connectivity index (χ4n) is 2.87. The molecule has 1 fully saturated rings. The molecule has 0 spiro atoms. The molecule has 0 amide bonds. The Morgan fingerprint density at radius 1 is 1.44 bits per heavy atom. The van der Waals surface area contributed by atoms with E-state index in [1.807, 2.05) is 24.3 Å². The van der Waals surface area contributed by atoms with Crippen LogP contribution in [0.2, 0.25) is 0 Å². The molecule has 0 saturated carbocycles. The van der Waals surface area contributed by atoms with Gasteiger partial charge in [0.05, 0.1) is 0 Å². The van der Waals surface area contributed by atoms with Gasteiger partial charge in [0.1, 0.15) is 0 Å². The Labute approximate surface area is 109 Å². The highest BCUT2D eigenvalue weighted by Crippen LogP contribution is 2.22. The predicted octanol–water partition coefficient (Wildman–Crippen LogP) is 2.42. The number of carbonyl (C=O) groups is 1. The second kappa shape index (κ2) is 6.01. The summed E-state index contributed by atoms with van der Waals surface area (Å²) in [4.78, 5) is 15.8. The molecule has 18 heavy (non-hydrogen) atoms. The quantitative estimate of drug-likeness (QED) is 0.745. The third-order valence-electron chi connectivity index (χ3n) is 3.86. The number of para-hydroxylation sites is 1. The van der Waals surface area contributed by atoms with Gasteiger partial charge >= 0.3 is 0 Å². The number of benzene rings is 1. The Kier molecular flexibility index (Phi) is 4.37. The van der Waals surface area contributed by atoms with Crippen molar-refractivity contribution < 1.29 is 4.79 Å². The molecule has 3 nitrogen and oxygen atoms in total. The van der Waals surface area contributed by atoms with Gasteiger partial charge in [0.2, 0.25) is 0 Å². The Morgan fingerprint density at radius 2 is 2.22 bits per heavy atom. The molecule has 1 aromatic rings. The largest absolute Gasteiger partial charge is 0.372 e. The number of carbonyl (C=O) groups excluding carboxylic acids is 1. The van der Waals surface area contributed by atoms with E-state index in [9.17, 15) is 4.79 Å². The lowest BCUT2D eigenvalue weighted by Gasteiger charge is -2.29. The van der Waals surface area contributed by atoms with Crippen molar-refractivity contribution in [2.75, 3.05) is 31.6 Å². The molecule has 1 aliphatic rings. The normalized spacial score (nSPS) is 20.0. The summed E-state index contributed by atoms with van der Waals surface area (Å²) in [6.07, 6.45) is 3.50. The maximum atomic E-state index is 11.1. The Morgan fingerprint density at radius 3 is 2.94 bits per heavy atom. The van der Waals surface area contributed by atoms with Crippen molar-refractivity contribution in [1.29, 1.82) is 0 Å². The van der Waals surface area contributed by atoms with Crippen LogP contribution in [-0.2, 0) is 0 Å². The number of likely N-dealkylation sites (tertiary alicyclic amines) is 1. The van der Waals surface area contributed by atoms with Gasteiger partial charge in [-0.15, -0.1) is 0 Å². The highest BCUT2D eigenvalue weighted by molar-refractivity contribution is 5.84. The van der Waals surface area contributed by atoms with Gasteiger partial charge in [-0.2, -0.15) is 0 Å². The number of aldehydes is 1. The van der Waals surface area contributed by atoms with Crippen molar-refractivity contribution in [3.05, 3.63) is 29.8 Å². The van der Waals surface area contributed by atoms with Crippen molar-refractivity contribution in [3.8, 4) is 0 Å². The molecular weight excluding hydrogens is 224 g/mol. The Hall–Kier alpha value is -1.35. The van der Waals surface area contributed by atoms with Crippen LogP contribution in [0.15, 0.2) is 24.3 Å². The zero-order chi connectivity index (χ0) is 13.0. The highest BCUT2D eigenvalue weighted by atomic mass is 16.1. The summed E-state index contributed by atoms with van der Waals surface area (Å²) in [5.41, 5.74) is 1.82. The van der Waals surface area contributed by atoms with Crippen LogP contribution in [0.25, 0.3) is 0 Å². The average Bonchev–Trinajstić information content (AvgIpc) is 2.85. The second-order valence-corrected chi connectivity index (χ2v) is 4.98. The average molecular weight is 246 g/mol. The lowest BCUT2D eigenvalue weighted by molar-refractivity contribution is 0.112. The molecule has 0 bridgehead atoms. The van der Waals surface area contributed by atoms with Crippen LogP contribution in [0.4, 0.5) is 5.69 Å². The van der Waals surface area contributed by atoms with Crippen LogP contribution < -0.4 is 4.90 Å². The molecule has 0 N–H and O–H groups in total. The number of hydrogen-bond donors (Lipinski definition) is 0. The van der Waals surface area contributed by atoms with Crippen LogP contribution in [0, 0.1) is 0 Å². The number of likely N-dealkylation sites (N-methyl/N-ethyl adjacent to an activating group) is 2. The smallest absolute Gasteiger partial charge is 0.152 e. The van der Waals surface area contributed by atoms with Gasteiger partial charge in [-0.25, -0.2) is 0 Å². The Balaban J connectivity index is 2.07. The molecular formula is C15H22N2O. The molecule has 3 heteroatoms. The molecule has 1 saturated heterocycles. The van der Waals surface area contributed by atoms with E-state index in [1.165, 1.54) is 19.4 Å². The van der Waals surface area contributed by atoms with Crippen molar-refractivity contribution in [3.63, 3.8) is 0 Å². The third-order valence-corrected chi connectivity index (χ3v) is 3.86. The van der Waals surface area contributed by atoms with Crippen molar-refractivity contribution in [2.24, 2.45) is 0 Å². The topological polar surface area (TPSA) is 23.6 Å². The number of anilines is 1. The molecule has 1 unspecified atom stereocenters. The number of rotatable bonds is 5. The molecule has 1 aliphatic heterocycles. The maximum Gasteiger partial charge on any atom is 0.152 e. The number of hydrogen-bond acceptors (Lipinski definition) is 3. The minimum absolute atomic E-state index is 0.625. The first-order chi connectivity index (χ1) is 8.76. The Bertz CT molecular complexity index is 405. The van der Waals surface area contributed by atoms with Gasteiger partial charge in [-0.3, -0.25) is 9.69 Å². The van der Waals surface area contributed by atoms with Gasteiger partial charge in [0.25, 0.3) is 0 Å². The molecule has 0 aromatic heterocycles. The summed E-state index contributed by atoms with van der Waals surface area (Å²) in [5.74, 6) is 0. The summed E-state index contributed by atoms with van der Waals surface area (Å²) in [7, 11) is 2.08. The van der Waals surface area contributed by atoms with E-state index in [4.69, 9.17) is 0 Å². The van der Waals surface area contributed by atoms with E-state index in [-0.39, 0.29) is 0 Å². The summed E-state index contributed by atoms with van der Waals surface area (Å²) in [6, 6.07) is 8.43. The zero-order valence-corrected chi connectivity index (χ0v) is 11.3. The third kappa shape index (κ3) is 2.72. The van der Waals surface area contributed by atoms with Crippen LogP contribution in [0.5, 0.6) is 0 Å². The minimum atomic E-state index is 0.625. The van der Waals surface area contributed by atoms with E-state index >= 15 is 0 Å². The van der Waals surface area contributed by atoms with Gasteiger partial charge in [-0.1, -0.05) is 19.1 Å². The minimum Gasteiger partial charge on any atom is -0.372 e. The molecule has 98 valence electrons. The van der Waals surface area contributed by atoms with E-state index in [1.54, 1.807) is 0 Å². The lowest BCUT2D eigenvalue weighted by Crippen LogP contribution is -2.39. The molecule has 1 aromatic carbocycles. The van der Waals surface area contributed by atoms with Crippen molar-refractivity contribution in [1.82, 2.24) is 4.90 Å². The molecule has 0 radical (unpaired) electrons. The molecule has 2 rings (SSSR count). The van der Waals surface area contributed by atoms with Crippen molar-refractivity contribution in [2.45, 2.75) is 25.8 Å². The van der Waals surface area contributed by atoms with Gasteiger partial charge in [0, 0.05) is 30.9 Å². The predicted molar refractivity (Wildman–Crippen MR) is 75.4 cm³/mol. The van der Waals surface area contributed by atoms with Crippen LogP contribution >= 0.6 is 0 Å².